The molecule has 6 nitrogen and oxygen atoms in total. The van der Waals surface area contributed by atoms with E-state index in [1.54, 1.807) is 30.6 Å². The molecular weight excluding hydrogens is 383 g/mol. The maximum atomic E-state index is 13.6. The highest BCUT2D eigenvalue weighted by Gasteiger charge is 2.26. The fraction of sp³-hybridized carbons (Fsp3) is 0.304. The van der Waals surface area contributed by atoms with Crippen molar-refractivity contribution in [3.05, 3.63) is 66.4 Å². The lowest BCUT2D eigenvalue weighted by molar-refractivity contribution is -0.132. The SMILES string of the molecule is CCC(=O)N1CCCC(c2cc(Oc3cccc(F)c3)nc(-c3ccncc3)n2)C1. The van der Waals surface area contributed by atoms with E-state index in [-0.39, 0.29) is 17.6 Å². The summed E-state index contributed by atoms with van der Waals surface area (Å²) in [5.41, 5.74) is 1.63. The molecule has 1 amide bonds. The first-order valence-corrected chi connectivity index (χ1v) is 10.1. The molecule has 7 heteroatoms. The predicted molar refractivity (Wildman–Crippen MR) is 111 cm³/mol. The van der Waals surface area contributed by atoms with Gasteiger partial charge < -0.3 is 9.64 Å². The molecule has 0 spiro atoms. The molecule has 1 aromatic carbocycles. The molecule has 0 aliphatic carbocycles. The Morgan fingerprint density at radius 3 is 2.80 bits per heavy atom. The van der Waals surface area contributed by atoms with Crippen molar-refractivity contribution >= 4 is 5.91 Å². The van der Waals surface area contributed by atoms with Crippen molar-refractivity contribution in [3.63, 3.8) is 0 Å². The predicted octanol–water partition coefficient (Wildman–Crippen LogP) is 4.59. The highest BCUT2D eigenvalue weighted by Crippen LogP contribution is 2.31. The van der Waals surface area contributed by atoms with E-state index in [2.05, 4.69) is 9.97 Å². The normalized spacial score (nSPS) is 16.3. The zero-order valence-corrected chi connectivity index (χ0v) is 16.8. The molecule has 2 aromatic heterocycles. The van der Waals surface area contributed by atoms with Crippen LogP contribution >= 0.6 is 0 Å². The Balaban J connectivity index is 1.69. The van der Waals surface area contributed by atoms with E-state index in [9.17, 15) is 9.18 Å². The van der Waals surface area contributed by atoms with Crippen LogP contribution in [0.1, 0.15) is 37.8 Å². The van der Waals surface area contributed by atoms with Crippen molar-refractivity contribution in [1.82, 2.24) is 19.9 Å². The van der Waals surface area contributed by atoms with Gasteiger partial charge in [-0.05, 0) is 37.1 Å². The van der Waals surface area contributed by atoms with Crippen LogP contribution in [-0.4, -0.2) is 38.8 Å². The molecule has 0 radical (unpaired) electrons. The van der Waals surface area contributed by atoms with Gasteiger partial charge in [0.1, 0.15) is 11.6 Å². The van der Waals surface area contributed by atoms with Crippen LogP contribution in [0.5, 0.6) is 11.6 Å². The Labute approximate surface area is 174 Å². The maximum absolute atomic E-state index is 13.6. The minimum Gasteiger partial charge on any atom is -0.439 e. The Kier molecular flexibility index (Phi) is 5.97. The number of benzene rings is 1. The molecule has 1 aliphatic heterocycles. The second-order valence-corrected chi connectivity index (χ2v) is 7.28. The monoisotopic (exact) mass is 406 g/mol. The number of halogens is 1. The third-order valence-electron chi connectivity index (χ3n) is 5.17. The molecule has 30 heavy (non-hydrogen) atoms. The molecule has 1 atom stereocenters. The van der Waals surface area contributed by atoms with Crippen LogP contribution in [0.2, 0.25) is 0 Å². The molecule has 0 saturated carbocycles. The third kappa shape index (κ3) is 4.62. The highest BCUT2D eigenvalue weighted by atomic mass is 19.1. The summed E-state index contributed by atoms with van der Waals surface area (Å²) in [7, 11) is 0. The smallest absolute Gasteiger partial charge is 0.223 e. The standard InChI is InChI=1S/C23H23FN4O2/c1-2-22(29)28-12-4-5-17(15-28)20-14-21(30-19-7-3-6-18(24)13-19)27-23(26-20)16-8-10-25-11-9-16/h3,6-11,13-14,17H,2,4-5,12,15H2,1H3. The molecular formula is C23H23FN4O2. The topological polar surface area (TPSA) is 68.2 Å². The zero-order chi connectivity index (χ0) is 20.9. The average molecular weight is 406 g/mol. The fourth-order valence-electron chi connectivity index (χ4n) is 3.65. The number of carbonyl (C=O) groups is 1. The van der Waals surface area contributed by atoms with Crippen LogP contribution in [0.4, 0.5) is 4.39 Å². The summed E-state index contributed by atoms with van der Waals surface area (Å²) in [6.45, 7) is 3.28. The Hall–Kier alpha value is -3.35. The first-order chi connectivity index (χ1) is 14.6. The van der Waals surface area contributed by atoms with Crippen molar-refractivity contribution < 1.29 is 13.9 Å². The number of pyridine rings is 1. The van der Waals surface area contributed by atoms with Gasteiger partial charge in [-0.2, -0.15) is 4.98 Å². The quantitative estimate of drug-likeness (QED) is 0.620. The summed E-state index contributed by atoms with van der Waals surface area (Å²) in [6, 6.07) is 11.4. The van der Waals surface area contributed by atoms with Crippen LogP contribution < -0.4 is 4.74 Å². The second kappa shape index (κ2) is 8.98. The number of amides is 1. The van der Waals surface area contributed by atoms with Gasteiger partial charge in [-0.3, -0.25) is 9.78 Å². The van der Waals surface area contributed by atoms with Gasteiger partial charge in [-0.15, -0.1) is 0 Å². The number of piperidine rings is 1. The van der Waals surface area contributed by atoms with Crippen molar-refractivity contribution in [2.24, 2.45) is 0 Å². The molecule has 154 valence electrons. The number of nitrogens with zero attached hydrogens (tertiary/aromatic N) is 4. The summed E-state index contributed by atoms with van der Waals surface area (Å²) in [5.74, 6) is 1.09. The van der Waals surface area contributed by atoms with E-state index in [1.165, 1.54) is 12.1 Å². The summed E-state index contributed by atoms with van der Waals surface area (Å²) >= 11 is 0. The number of rotatable bonds is 5. The lowest BCUT2D eigenvalue weighted by Crippen LogP contribution is -2.38. The van der Waals surface area contributed by atoms with Crippen LogP contribution in [0.15, 0.2) is 54.9 Å². The lowest BCUT2D eigenvalue weighted by atomic mass is 9.94. The summed E-state index contributed by atoms with van der Waals surface area (Å²) in [5, 5.41) is 0. The van der Waals surface area contributed by atoms with Crippen LogP contribution in [0.3, 0.4) is 0 Å². The Bertz CT molecular complexity index is 1030. The summed E-state index contributed by atoms with van der Waals surface area (Å²) in [4.78, 5) is 27.5. The summed E-state index contributed by atoms with van der Waals surface area (Å²) in [6.07, 6.45) is 5.71. The zero-order valence-electron chi connectivity index (χ0n) is 16.8. The van der Waals surface area contributed by atoms with Crippen molar-refractivity contribution in [3.8, 4) is 23.0 Å². The van der Waals surface area contributed by atoms with Gasteiger partial charge in [0.15, 0.2) is 5.82 Å². The molecule has 1 aliphatic rings. The molecule has 3 aromatic rings. The largest absolute Gasteiger partial charge is 0.439 e. The number of hydrogen-bond acceptors (Lipinski definition) is 5. The Morgan fingerprint density at radius 2 is 2.03 bits per heavy atom. The van der Waals surface area contributed by atoms with Crippen molar-refractivity contribution in [2.45, 2.75) is 32.1 Å². The molecule has 3 heterocycles. The number of hydrogen-bond donors (Lipinski definition) is 0. The van der Waals surface area contributed by atoms with E-state index < -0.39 is 0 Å². The van der Waals surface area contributed by atoms with Gasteiger partial charge >= 0.3 is 0 Å². The Morgan fingerprint density at radius 1 is 1.20 bits per heavy atom. The number of likely N-dealkylation sites (tertiary alicyclic amines) is 1. The van der Waals surface area contributed by atoms with E-state index in [0.29, 0.717) is 30.4 Å². The van der Waals surface area contributed by atoms with Gasteiger partial charge in [0.2, 0.25) is 11.8 Å². The van der Waals surface area contributed by atoms with Crippen LogP contribution in [-0.2, 0) is 4.79 Å². The molecule has 1 saturated heterocycles. The van der Waals surface area contributed by atoms with Crippen molar-refractivity contribution in [2.75, 3.05) is 13.1 Å². The van der Waals surface area contributed by atoms with E-state index in [0.717, 1.165) is 30.6 Å². The highest BCUT2D eigenvalue weighted by molar-refractivity contribution is 5.76. The first-order valence-electron chi connectivity index (χ1n) is 10.1. The second-order valence-electron chi connectivity index (χ2n) is 7.28. The van der Waals surface area contributed by atoms with Gasteiger partial charge in [-0.25, -0.2) is 9.37 Å². The molecule has 1 unspecified atom stereocenters. The maximum Gasteiger partial charge on any atom is 0.223 e. The third-order valence-corrected chi connectivity index (χ3v) is 5.17. The molecule has 0 N–H and O–H groups in total. The number of aromatic nitrogens is 3. The summed E-state index contributed by atoms with van der Waals surface area (Å²) < 4.78 is 19.4. The van der Waals surface area contributed by atoms with Gasteiger partial charge in [-0.1, -0.05) is 13.0 Å². The van der Waals surface area contributed by atoms with Gasteiger partial charge in [0.05, 0.1) is 5.69 Å². The molecule has 4 rings (SSSR count). The van der Waals surface area contributed by atoms with E-state index in [1.807, 2.05) is 24.0 Å². The van der Waals surface area contributed by atoms with Gasteiger partial charge in [0.25, 0.3) is 0 Å². The van der Waals surface area contributed by atoms with Crippen LogP contribution in [0.25, 0.3) is 11.4 Å². The van der Waals surface area contributed by atoms with Crippen molar-refractivity contribution in [1.29, 1.82) is 0 Å². The molecule has 1 fully saturated rings. The minimum absolute atomic E-state index is 0.0905. The van der Waals surface area contributed by atoms with Crippen LogP contribution in [0, 0.1) is 5.82 Å². The van der Waals surface area contributed by atoms with E-state index >= 15 is 0 Å². The number of ether oxygens (including phenoxy) is 1. The number of carbonyl (C=O) groups excluding carboxylic acids is 1. The average Bonchev–Trinajstić information content (AvgIpc) is 2.79. The lowest BCUT2D eigenvalue weighted by Gasteiger charge is -2.32. The molecule has 0 bridgehead atoms. The fourth-order valence-corrected chi connectivity index (χ4v) is 3.65. The van der Waals surface area contributed by atoms with E-state index in [4.69, 9.17) is 9.72 Å². The van der Waals surface area contributed by atoms with Gasteiger partial charge in [0, 0.05) is 55.5 Å². The first kappa shape index (κ1) is 19.9. The minimum atomic E-state index is -0.378.